The minimum absolute atomic E-state index is 0.680. The van der Waals surface area contributed by atoms with Gasteiger partial charge >= 0.3 is 0 Å². The van der Waals surface area contributed by atoms with Gasteiger partial charge in [-0.05, 0) is 41.9 Å². The summed E-state index contributed by atoms with van der Waals surface area (Å²) in [4.78, 5) is 0. The van der Waals surface area contributed by atoms with Crippen molar-refractivity contribution in [3.8, 4) is 0 Å². The van der Waals surface area contributed by atoms with Crippen LogP contribution in [0.2, 0.25) is 0 Å². The van der Waals surface area contributed by atoms with E-state index in [1.54, 1.807) is 0 Å². The summed E-state index contributed by atoms with van der Waals surface area (Å²) in [6.07, 6.45) is 2.99. The van der Waals surface area contributed by atoms with Crippen molar-refractivity contribution < 1.29 is 0 Å². The van der Waals surface area contributed by atoms with Crippen molar-refractivity contribution in [2.45, 2.75) is 40.5 Å². The monoisotopic (exact) mass is 152 g/mol. The fourth-order valence-electron chi connectivity index (χ4n) is 3.49. The summed E-state index contributed by atoms with van der Waals surface area (Å²) in [6, 6.07) is 0. The zero-order valence-corrected chi connectivity index (χ0v) is 8.22. The lowest BCUT2D eigenvalue weighted by Gasteiger charge is -2.22. The highest BCUT2D eigenvalue weighted by atomic mass is 14.7. The Hall–Kier alpha value is 0. The van der Waals surface area contributed by atoms with Gasteiger partial charge in [0.1, 0.15) is 0 Å². The van der Waals surface area contributed by atoms with Crippen LogP contribution in [0.4, 0.5) is 0 Å². The van der Waals surface area contributed by atoms with E-state index in [0.717, 1.165) is 23.7 Å². The van der Waals surface area contributed by atoms with Gasteiger partial charge in [-0.1, -0.05) is 27.7 Å². The van der Waals surface area contributed by atoms with Crippen LogP contribution in [0.5, 0.6) is 0 Å². The van der Waals surface area contributed by atoms with Gasteiger partial charge in [0.2, 0.25) is 0 Å². The molecule has 0 radical (unpaired) electrons. The molecule has 2 fully saturated rings. The summed E-state index contributed by atoms with van der Waals surface area (Å²) >= 11 is 0. The molecular formula is C11H20. The van der Waals surface area contributed by atoms with Crippen LogP contribution in [0, 0.1) is 29.1 Å². The third kappa shape index (κ3) is 0.947. The van der Waals surface area contributed by atoms with Gasteiger partial charge in [0, 0.05) is 0 Å². The summed E-state index contributed by atoms with van der Waals surface area (Å²) in [5, 5.41) is 0. The molecule has 2 aliphatic carbocycles. The first-order chi connectivity index (χ1) is 5.04. The molecule has 0 aromatic rings. The van der Waals surface area contributed by atoms with Crippen molar-refractivity contribution in [2.75, 3.05) is 0 Å². The molecule has 0 aromatic heterocycles. The molecule has 0 amide bonds. The Kier molecular flexibility index (Phi) is 1.41. The lowest BCUT2D eigenvalue weighted by molar-refractivity contribution is 0.273. The molecule has 1 unspecified atom stereocenters. The third-order valence-electron chi connectivity index (χ3n) is 4.02. The molecule has 2 rings (SSSR count). The van der Waals surface area contributed by atoms with Crippen LogP contribution in [-0.2, 0) is 0 Å². The van der Waals surface area contributed by atoms with Crippen LogP contribution >= 0.6 is 0 Å². The molecular weight excluding hydrogens is 132 g/mol. The molecule has 64 valence electrons. The average Bonchev–Trinajstić information content (AvgIpc) is 2.51. The molecule has 0 bridgehead atoms. The maximum atomic E-state index is 2.46. The zero-order valence-electron chi connectivity index (χ0n) is 8.22. The molecule has 3 atom stereocenters. The topological polar surface area (TPSA) is 0 Å². The summed E-state index contributed by atoms with van der Waals surface area (Å²) in [5.41, 5.74) is 0.680. The third-order valence-corrected chi connectivity index (χ3v) is 4.02. The summed E-state index contributed by atoms with van der Waals surface area (Å²) in [5.74, 6) is 4.22. The first-order valence-corrected chi connectivity index (χ1v) is 5.04. The largest absolute Gasteiger partial charge is 0.0625 e. The van der Waals surface area contributed by atoms with Crippen LogP contribution in [0.3, 0.4) is 0 Å². The standard InChI is InChI=1S/C11H20/c1-7(2)9-8-5-6-11(3,4)10(8)9/h7-10H,5-6H2,1-4H3/t8?,9-,10+/m0/s1. The van der Waals surface area contributed by atoms with E-state index in [0.29, 0.717) is 5.41 Å². The van der Waals surface area contributed by atoms with Crippen molar-refractivity contribution >= 4 is 0 Å². The Bertz CT molecular complexity index is 167. The average molecular weight is 152 g/mol. The molecule has 0 nitrogen and oxygen atoms in total. The minimum atomic E-state index is 0.680. The quantitative estimate of drug-likeness (QED) is 0.540. The predicted octanol–water partition coefficient (Wildman–Crippen LogP) is 3.32. The number of hydrogen-bond donors (Lipinski definition) is 0. The Balaban J connectivity index is 2.07. The fourth-order valence-corrected chi connectivity index (χ4v) is 3.49. The van der Waals surface area contributed by atoms with E-state index in [4.69, 9.17) is 0 Å². The van der Waals surface area contributed by atoms with Crippen LogP contribution in [0.15, 0.2) is 0 Å². The molecule has 0 aliphatic heterocycles. The Morgan fingerprint density at radius 2 is 1.91 bits per heavy atom. The molecule has 2 saturated carbocycles. The number of fused-ring (bicyclic) bond motifs is 1. The van der Waals surface area contributed by atoms with E-state index in [-0.39, 0.29) is 0 Å². The van der Waals surface area contributed by atoms with Gasteiger partial charge in [0.15, 0.2) is 0 Å². The Labute approximate surface area is 70.4 Å². The van der Waals surface area contributed by atoms with Gasteiger partial charge in [0.25, 0.3) is 0 Å². The lowest BCUT2D eigenvalue weighted by Crippen LogP contribution is -2.14. The molecule has 0 heteroatoms. The highest BCUT2D eigenvalue weighted by molar-refractivity contribution is 5.09. The second kappa shape index (κ2) is 2.02. The highest BCUT2D eigenvalue weighted by Crippen LogP contribution is 2.68. The second-order valence-electron chi connectivity index (χ2n) is 5.54. The van der Waals surface area contributed by atoms with Crippen molar-refractivity contribution in [3.63, 3.8) is 0 Å². The fraction of sp³-hybridized carbons (Fsp3) is 1.00. The van der Waals surface area contributed by atoms with E-state index < -0.39 is 0 Å². The van der Waals surface area contributed by atoms with Crippen molar-refractivity contribution in [1.82, 2.24) is 0 Å². The normalized spacial score (nSPS) is 46.1. The molecule has 0 saturated heterocycles. The van der Waals surface area contributed by atoms with Gasteiger partial charge in [-0.15, -0.1) is 0 Å². The molecule has 0 N–H and O–H groups in total. The van der Waals surface area contributed by atoms with E-state index >= 15 is 0 Å². The highest BCUT2D eigenvalue weighted by Gasteiger charge is 2.61. The molecule has 11 heavy (non-hydrogen) atoms. The first-order valence-electron chi connectivity index (χ1n) is 5.04. The van der Waals surface area contributed by atoms with Gasteiger partial charge in [-0.3, -0.25) is 0 Å². The Morgan fingerprint density at radius 3 is 2.18 bits per heavy atom. The second-order valence-corrected chi connectivity index (χ2v) is 5.54. The summed E-state index contributed by atoms with van der Waals surface area (Å²) in [6.45, 7) is 9.69. The number of rotatable bonds is 1. The summed E-state index contributed by atoms with van der Waals surface area (Å²) in [7, 11) is 0. The van der Waals surface area contributed by atoms with Crippen LogP contribution < -0.4 is 0 Å². The smallest absolute Gasteiger partial charge is 0.0298 e. The van der Waals surface area contributed by atoms with Gasteiger partial charge < -0.3 is 0 Å². The molecule has 0 heterocycles. The van der Waals surface area contributed by atoms with E-state index in [2.05, 4.69) is 27.7 Å². The molecule has 0 aromatic carbocycles. The maximum absolute atomic E-state index is 2.46. The van der Waals surface area contributed by atoms with Crippen LogP contribution in [-0.4, -0.2) is 0 Å². The van der Waals surface area contributed by atoms with Crippen molar-refractivity contribution in [3.05, 3.63) is 0 Å². The maximum Gasteiger partial charge on any atom is -0.0298 e. The molecule has 0 spiro atoms. The van der Waals surface area contributed by atoms with Crippen LogP contribution in [0.25, 0.3) is 0 Å². The van der Waals surface area contributed by atoms with Crippen molar-refractivity contribution in [2.24, 2.45) is 29.1 Å². The summed E-state index contributed by atoms with van der Waals surface area (Å²) < 4.78 is 0. The lowest BCUT2D eigenvalue weighted by atomic mass is 9.83. The predicted molar refractivity (Wildman–Crippen MR) is 48.3 cm³/mol. The van der Waals surface area contributed by atoms with Gasteiger partial charge in [-0.25, -0.2) is 0 Å². The van der Waals surface area contributed by atoms with Crippen LogP contribution in [0.1, 0.15) is 40.5 Å². The minimum Gasteiger partial charge on any atom is -0.0625 e. The Morgan fingerprint density at radius 1 is 1.27 bits per heavy atom. The number of hydrogen-bond acceptors (Lipinski definition) is 0. The van der Waals surface area contributed by atoms with E-state index in [9.17, 15) is 0 Å². The van der Waals surface area contributed by atoms with Gasteiger partial charge in [0.05, 0.1) is 0 Å². The zero-order chi connectivity index (χ0) is 8.22. The van der Waals surface area contributed by atoms with Gasteiger partial charge in [-0.2, -0.15) is 0 Å². The van der Waals surface area contributed by atoms with E-state index in [1.807, 2.05) is 0 Å². The van der Waals surface area contributed by atoms with E-state index in [1.165, 1.54) is 12.8 Å². The SMILES string of the molecule is CC(C)[C@H]1C2CCC(C)(C)[C@H]21. The first kappa shape index (κ1) is 7.64. The van der Waals surface area contributed by atoms with Crippen molar-refractivity contribution in [1.29, 1.82) is 0 Å². The molecule has 2 aliphatic rings.